The second-order valence-corrected chi connectivity index (χ2v) is 5.57. The van der Waals surface area contributed by atoms with Crippen LogP contribution in [-0.4, -0.2) is 11.7 Å². The second-order valence-electron chi connectivity index (χ2n) is 4.38. The number of aliphatic hydroxyl groups excluding tert-OH is 1. The summed E-state index contributed by atoms with van der Waals surface area (Å²) in [5.74, 6) is 0.931. The predicted octanol–water partition coefficient (Wildman–Crippen LogP) is 3.96. The van der Waals surface area contributed by atoms with E-state index in [-0.39, 0.29) is 11.9 Å². The fraction of sp³-hybridized carbons (Fsp3) is 0.250. The third kappa shape index (κ3) is 3.62. The number of aryl methyl sites for hydroxylation is 1. The summed E-state index contributed by atoms with van der Waals surface area (Å²) in [4.78, 5) is 0. The summed E-state index contributed by atoms with van der Waals surface area (Å²) in [6, 6.07) is 18.8. The van der Waals surface area contributed by atoms with Gasteiger partial charge in [0.25, 0.3) is 0 Å². The zero-order chi connectivity index (χ0) is 12.8. The highest BCUT2D eigenvalue weighted by atomic mass is 32.2. The molecule has 0 aromatic heterocycles. The minimum Gasteiger partial charge on any atom is -0.395 e. The van der Waals surface area contributed by atoms with Crippen LogP contribution >= 0.6 is 11.8 Å². The van der Waals surface area contributed by atoms with Crippen molar-refractivity contribution in [3.05, 3.63) is 71.3 Å². The van der Waals surface area contributed by atoms with E-state index in [1.54, 1.807) is 11.8 Å². The molecule has 0 saturated carbocycles. The Hall–Kier alpha value is -1.25. The molecule has 0 saturated heterocycles. The van der Waals surface area contributed by atoms with Gasteiger partial charge >= 0.3 is 0 Å². The molecule has 0 radical (unpaired) electrons. The summed E-state index contributed by atoms with van der Waals surface area (Å²) < 4.78 is 0. The van der Waals surface area contributed by atoms with Gasteiger partial charge in [-0.15, -0.1) is 11.8 Å². The first-order valence-corrected chi connectivity index (χ1v) is 7.17. The van der Waals surface area contributed by atoms with Gasteiger partial charge in [0.2, 0.25) is 0 Å². The highest BCUT2D eigenvalue weighted by molar-refractivity contribution is 7.98. The minimum absolute atomic E-state index is 0.160. The maximum absolute atomic E-state index is 9.48. The number of hydrogen-bond acceptors (Lipinski definition) is 2. The van der Waals surface area contributed by atoms with E-state index < -0.39 is 0 Å². The quantitative estimate of drug-likeness (QED) is 0.876. The topological polar surface area (TPSA) is 20.2 Å². The molecule has 94 valence electrons. The van der Waals surface area contributed by atoms with Crippen molar-refractivity contribution in [2.45, 2.75) is 17.9 Å². The fourth-order valence-electron chi connectivity index (χ4n) is 1.80. The van der Waals surface area contributed by atoms with Crippen LogP contribution in [0.15, 0.2) is 54.6 Å². The second kappa shape index (κ2) is 6.62. The lowest BCUT2D eigenvalue weighted by Crippen LogP contribution is -2.00. The molecule has 2 aromatic carbocycles. The maximum atomic E-state index is 9.48. The Morgan fingerprint density at radius 3 is 2.28 bits per heavy atom. The third-order valence-corrected chi connectivity index (χ3v) is 4.23. The Bertz CT molecular complexity index is 464. The van der Waals surface area contributed by atoms with Gasteiger partial charge in [0, 0.05) is 5.75 Å². The monoisotopic (exact) mass is 258 g/mol. The normalized spacial score (nSPS) is 12.3. The standard InChI is InChI=1S/C16H18OS/c1-13-7-9-14(10-8-13)12-18-16(11-17)15-5-3-2-4-6-15/h2-10,16-17H,11-12H2,1H3/t16-/m0/s1. The Balaban J connectivity index is 1.97. The molecule has 0 bridgehead atoms. The molecule has 0 aliphatic heterocycles. The lowest BCUT2D eigenvalue weighted by molar-refractivity contribution is 0.296. The first-order valence-electron chi connectivity index (χ1n) is 6.12. The van der Waals surface area contributed by atoms with E-state index in [0.717, 1.165) is 5.75 Å². The number of thioether (sulfide) groups is 1. The van der Waals surface area contributed by atoms with Gasteiger partial charge in [0.05, 0.1) is 11.9 Å². The predicted molar refractivity (Wildman–Crippen MR) is 78.7 cm³/mol. The summed E-state index contributed by atoms with van der Waals surface area (Å²) >= 11 is 1.78. The molecule has 2 rings (SSSR count). The van der Waals surface area contributed by atoms with E-state index in [1.807, 2.05) is 18.2 Å². The summed E-state index contributed by atoms with van der Waals surface area (Å²) in [6.07, 6.45) is 0. The van der Waals surface area contributed by atoms with Gasteiger partial charge in [-0.1, -0.05) is 60.2 Å². The molecule has 18 heavy (non-hydrogen) atoms. The van der Waals surface area contributed by atoms with Gasteiger partial charge in [-0.2, -0.15) is 0 Å². The summed E-state index contributed by atoms with van der Waals surface area (Å²) in [7, 11) is 0. The molecular formula is C16H18OS. The van der Waals surface area contributed by atoms with Crippen LogP contribution in [0.25, 0.3) is 0 Å². The molecule has 0 aliphatic rings. The average Bonchev–Trinajstić information content (AvgIpc) is 2.43. The minimum atomic E-state index is 0.160. The van der Waals surface area contributed by atoms with Crippen LogP contribution in [0, 0.1) is 6.92 Å². The van der Waals surface area contributed by atoms with Crippen molar-refractivity contribution in [3.8, 4) is 0 Å². The van der Waals surface area contributed by atoms with Gasteiger partial charge in [0.15, 0.2) is 0 Å². The summed E-state index contributed by atoms with van der Waals surface area (Å²) in [5.41, 5.74) is 3.78. The highest BCUT2D eigenvalue weighted by Crippen LogP contribution is 2.30. The molecule has 1 atom stereocenters. The van der Waals surface area contributed by atoms with E-state index in [1.165, 1.54) is 16.7 Å². The Labute approximate surface area is 113 Å². The first-order chi connectivity index (χ1) is 8.79. The molecule has 0 spiro atoms. The molecule has 0 amide bonds. The van der Waals surface area contributed by atoms with E-state index >= 15 is 0 Å². The van der Waals surface area contributed by atoms with Gasteiger partial charge in [0.1, 0.15) is 0 Å². The number of rotatable bonds is 5. The van der Waals surface area contributed by atoms with Crippen LogP contribution in [0.5, 0.6) is 0 Å². The fourth-order valence-corrected chi connectivity index (χ4v) is 2.84. The van der Waals surface area contributed by atoms with Crippen molar-refractivity contribution >= 4 is 11.8 Å². The average molecular weight is 258 g/mol. The van der Waals surface area contributed by atoms with Gasteiger partial charge < -0.3 is 5.11 Å². The lowest BCUT2D eigenvalue weighted by atomic mass is 10.1. The Kier molecular flexibility index (Phi) is 4.85. The molecule has 0 fully saturated rings. The molecule has 0 aliphatic carbocycles. The molecular weight excluding hydrogens is 240 g/mol. The highest BCUT2D eigenvalue weighted by Gasteiger charge is 2.10. The van der Waals surface area contributed by atoms with Crippen molar-refractivity contribution in [1.29, 1.82) is 0 Å². The molecule has 2 heteroatoms. The van der Waals surface area contributed by atoms with E-state index in [2.05, 4.69) is 43.3 Å². The lowest BCUT2D eigenvalue weighted by Gasteiger charge is -2.14. The van der Waals surface area contributed by atoms with Crippen LogP contribution in [0.4, 0.5) is 0 Å². The van der Waals surface area contributed by atoms with Crippen molar-refractivity contribution in [1.82, 2.24) is 0 Å². The largest absolute Gasteiger partial charge is 0.395 e. The molecule has 0 unspecified atom stereocenters. The Morgan fingerprint density at radius 1 is 1.00 bits per heavy atom. The van der Waals surface area contributed by atoms with Crippen LogP contribution in [0.3, 0.4) is 0 Å². The summed E-state index contributed by atoms with van der Waals surface area (Å²) in [6.45, 7) is 2.28. The number of benzene rings is 2. The third-order valence-electron chi connectivity index (χ3n) is 2.91. The number of aliphatic hydroxyl groups is 1. The molecule has 0 heterocycles. The first kappa shape index (κ1) is 13.2. The van der Waals surface area contributed by atoms with Gasteiger partial charge in [-0.05, 0) is 18.1 Å². The Morgan fingerprint density at radius 2 is 1.67 bits per heavy atom. The zero-order valence-corrected chi connectivity index (χ0v) is 11.4. The maximum Gasteiger partial charge on any atom is 0.0591 e. The van der Waals surface area contributed by atoms with E-state index in [9.17, 15) is 5.11 Å². The van der Waals surface area contributed by atoms with Crippen molar-refractivity contribution in [2.24, 2.45) is 0 Å². The van der Waals surface area contributed by atoms with Crippen molar-refractivity contribution < 1.29 is 5.11 Å². The summed E-state index contributed by atoms with van der Waals surface area (Å²) in [5, 5.41) is 9.64. The van der Waals surface area contributed by atoms with Gasteiger partial charge in [-0.25, -0.2) is 0 Å². The van der Waals surface area contributed by atoms with Crippen LogP contribution in [-0.2, 0) is 5.75 Å². The van der Waals surface area contributed by atoms with Crippen molar-refractivity contribution in [2.75, 3.05) is 6.61 Å². The van der Waals surface area contributed by atoms with Crippen LogP contribution in [0.1, 0.15) is 21.9 Å². The van der Waals surface area contributed by atoms with Crippen molar-refractivity contribution in [3.63, 3.8) is 0 Å². The molecule has 1 N–H and O–H groups in total. The zero-order valence-electron chi connectivity index (χ0n) is 10.5. The smallest absolute Gasteiger partial charge is 0.0591 e. The van der Waals surface area contributed by atoms with Gasteiger partial charge in [-0.3, -0.25) is 0 Å². The van der Waals surface area contributed by atoms with E-state index in [4.69, 9.17) is 0 Å². The molecule has 1 nitrogen and oxygen atoms in total. The van der Waals surface area contributed by atoms with Crippen LogP contribution < -0.4 is 0 Å². The van der Waals surface area contributed by atoms with Crippen LogP contribution in [0.2, 0.25) is 0 Å². The SMILES string of the molecule is Cc1ccc(CS[C@@H](CO)c2ccccc2)cc1. The molecule has 2 aromatic rings. The number of hydrogen-bond donors (Lipinski definition) is 1. The van der Waals surface area contributed by atoms with E-state index in [0.29, 0.717) is 0 Å².